The highest BCUT2D eigenvalue weighted by molar-refractivity contribution is 7.92. The summed E-state index contributed by atoms with van der Waals surface area (Å²) in [6, 6.07) is 12.5. The van der Waals surface area contributed by atoms with Gasteiger partial charge in [0.05, 0.1) is 17.0 Å². The van der Waals surface area contributed by atoms with Crippen LogP contribution in [0.5, 0.6) is 0 Å². The van der Waals surface area contributed by atoms with Gasteiger partial charge in [-0.1, -0.05) is 61.3 Å². The molecule has 0 spiro atoms. The van der Waals surface area contributed by atoms with Crippen LogP contribution in [-0.4, -0.2) is 50.0 Å². The number of anilines is 1. The Kier molecular flexibility index (Phi) is 10.2. The number of nitrogens with one attached hydrogen (secondary N) is 1. The van der Waals surface area contributed by atoms with Gasteiger partial charge in [0, 0.05) is 17.6 Å². The molecule has 0 bridgehead atoms. The van der Waals surface area contributed by atoms with Gasteiger partial charge < -0.3 is 10.2 Å². The molecule has 7 nitrogen and oxygen atoms in total. The molecule has 1 N–H and O–H groups in total. The summed E-state index contributed by atoms with van der Waals surface area (Å²) < 4.78 is 26.2. The molecule has 0 aliphatic carbocycles. The SMILES string of the molecule is CCC(C)NC(=O)C(CC)N(Cc1ccc(Cl)cc1)C(=O)CN(c1ccccc1Cl)S(C)(=O)=O. The molecule has 0 saturated carbocycles. The maximum Gasteiger partial charge on any atom is 0.244 e. The first-order valence-electron chi connectivity index (χ1n) is 11.0. The van der Waals surface area contributed by atoms with Gasteiger partial charge in [0.25, 0.3) is 0 Å². The maximum absolute atomic E-state index is 13.6. The lowest BCUT2D eigenvalue weighted by atomic mass is 10.1. The molecule has 0 saturated heterocycles. The van der Waals surface area contributed by atoms with E-state index in [4.69, 9.17) is 23.2 Å². The fourth-order valence-electron chi connectivity index (χ4n) is 3.40. The van der Waals surface area contributed by atoms with Crippen molar-refractivity contribution >= 4 is 50.7 Å². The van der Waals surface area contributed by atoms with Crippen LogP contribution in [0.25, 0.3) is 0 Å². The topological polar surface area (TPSA) is 86.8 Å². The summed E-state index contributed by atoms with van der Waals surface area (Å²) in [7, 11) is -3.84. The molecule has 0 radical (unpaired) electrons. The van der Waals surface area contributed by atoms with Gasteiger partial charge in [0.1, 0.15) is 12.6 Å². The first kappa shape index (κ1) is 28.0. The van der Waals surface area contributed by atoms with Crippen molar-refractivity contribution in [2.45, 2.75) is 52.2 Å². The zero-order chi connectivity index (χ0) is 25.5. The highest BCUT2D eigenvalue weighted by atomic mass is 35.5. The molecule has 2 amide bonds. The highest BCUT2D eigenvalue weighted by Crippen LogP contribution is 2.27. The minimum absolute atomic E-state index is 0.0651. The second-order valence-electron chi connectivity index (χ2n) is 8.11. The fraction of sp³-hybridized carbons (Fsp3) is 0.417. The van der Waals surface area contributed by atoms with Gasteiger partial charge in [0.15, 0.2) is 0 Å². The normalized spacial score (nSPS) is 13.1. The van der Waals surface area contributed by atoms with Crippen LogP contribution in [0.3, 0.4) is 0 Å². The first-order chi connectivity index (χ1) is 16.0. The minimum Gasteiger partial charge on any atom is -0.352 e. The molecule has 2 aromatic carbocycles. The summed E-state index contributed by atoms with van der Waals surface area (Å²) in [5, 5.41) is 3.68. The smallest absolute Gasteiger partial charge is 0.244 e. The van der Waals surface area contributed by atoms with Gasteiger partial charge in [-0.05, 0) is 49.6 Å². The third kappa shape index (κ3) is 7.61. The largest absolute Gasteiger partial charge is 0.352 e. The second-order valence-corrected chi connectivity index (χ2v) is 10.9. The predicted octanol–water partition coefficient (Wildman–Crippen LogP) is 4.48. The molecular formula is C24H31Cl2N3O4S. The van der Waals surface area contributed by atoms with Crippen LogP contribution in [0.1, 0.15) is 39.2 Å². The molecule has 2 aromatic rings. The Bertz CT molecular complexity index is 1090. The summed E-state index contributed by atoms with van der Waals surface area (Å²) >= 11 is 12.2. The van der Waals surface area contributed by atoms with Crippen molar-refractivity contribution < 1.29 is 18.0 Å². The molecule has 0 heterocycles. The number of carbonyl (C=O) groups is 2. The minimum atomic E-state index is -3.84. The first-order valence-corrected chi connectivity index (χ1v) is 13.6. The van der Waals surface area contributed by atoms with Gasteiger partial charge in [-0.2, -0.15) is 0 Å². The number of para-hydroxylation sites is 1. The zero-order valence-electron chi connectivity index (χ0n) is 19.8. The van der Waals surface area contributed by atoms with E-state index >= 15 is 0 Å². The molecule has 0 aliphatic rings. The molecular weight excluding hydrogens is 497 g/mol. The standard InChI is InChI=1S/C24H31Cl2N3O4S/c1-5-17(3)27-24(31)21(6-2)28(15-18-11-13-19(25)14-12-18)23(30)16-29(34(4,32)33)22-10-8-7-9-20(22)26/h7-14,17,21H,5-6,15-16H2,1-4H3,(H,27,31). The number of carbonyl (C=O) groups excluding carboxylic acids is 2. The van der Waals surface area contributed by atoms with Crippen molar-refractivity contribution in [3.63, 3.8) is 0 Å². The Morgan fingerprint density at radius 3 is 2.15 bits per heavy atom. The van der Waals surface area contributed by atoms with Crippen LogP contribution in [0, 0.1) is 0 Å². The maximum atomic E-state index is 13.6. The van der Waals surface area contributed by atoms with E-state index in [2.05, 4.69) is 5.32 Å². The summed E-state index contributed by atoms with van der Waals surface area (Å²) in [6.07, 6.45) is 2.11. The molecule has 0 fully saturated rings. The van der Waals surface area contributed by atoms with Crippen molar-refractivity contribution in [2.75, 3.05) is 17.1 Å². The Labute approximate surface area is 212 Å². The van der Waals surface area contributed by atoms with Gasteiger partial charge in [-0.3, -0.25) is 13.9 Å². The van der Waals surface area contributed by atoms with Crippen LogP contribution >= 0.6 is 23.2 Å². The number of hydrogen-bond donors (Lipinski definition) is 1. The Balaban J connectivity index is 2.44. The number of sulfonamides is 1. The molecule has 0 aromatic heterocycles. The third-order valence-electron chi connectivity index (χ3n) is 5.45. The lowest BCUT2D eigenvalue weighted by Gasteiger charge is -2.33. The van der Waals surface area contributed by atoms with E-state index in [1.54, 1.807) is 42.5 Å². The second kappa shape index (κ2) is 12.4. The Morgan fingerprint density at radius 1 is 1.00 bits per heavy atom. The van der Waals surface area contributed by atoms with Crippen molar-refractivity contribution in [3.8, 4) is 0 Å². The van der Waals surface area contributed by atoms with Crippen LogP contribution in [0.4, 0.5) is 5.69 Å². The van der Waals surface area contributed by atoms with E-state index in [9.17, 15) is 18.0 Å². The van der Waals surface area contributed by atoms with Crippen LogP contribution in [0.2, 0.25) is 10.0 Å². The van der Waals surface area contributed by atoms with Crippen LogP contribution < -0.4 is 9.62 Å². The number of halogens is 2. The summed E-state index contributed by atoms with van der Waals surface area (Å²) in [5.74, 6) is -0.811. The van der Waals surface area contributed by atoms with Crippen molar-refractivity contribution in [1.29, 1.82) is 0 Å². The number of benzene rings is 2. The van der Waals surface area contributed by atoms with Gasteiger partial charge in [-0.25, -0.2) is 8.42 Å². The van der Waals surface area contributed by atoms with Crippen molar-refractivity contribution in [3.05, 3.63) is 64.1 Å². The molecule has 2 rings (SSSR count). The molecule has 0 aliphatic heterocycles. The quantitative estimate of drug-likeness (QED) is 0.466. The predicted molar refractivity (Wildman–Crippen MR) is 138 cm³/mol. The third-order valence-corrected chi connectivity index (χ3v) is 7.15. The van der Waals surface area contributed by atoms with Gasteiger partial charge in [0.2, 0.25) is 21.8 Å². The molecule has 10 heteroatoms. The summed E-state index contributed by atoms with van der Waals surface area (Å²) in [6.45, 7) is 5.27. The molecule has 2 atom stereocenters. The van der Waals surface area contributed by atoms with Crippen LogP contribution in [-0.2, 0) is 26.2 Å². The number of amides is 2. The highest BCUT2D eigenvalue weighted by Gasteiger charge is 2.32. The summed E-state index contributed by atoms with van der Waals surface area (Å²) in [5.41, 5.74) is 0.958. The van der Waals surface area contributed by atoms with Gasteiger partial charge in [-0.15, -0.1) is 0 Å². The van der Waals surface area contributed by atoms with Crippen LogP contribution in [0.15, 0.2) is 48.5 Å². The Morgan fingerprint density at radius 2 is 1.62 bits per heavy atom. The average molecular weight is 529 g/mol. The van der Waals surface area contributed by atoms with E-state index in [1.807, 2.05) is 20.8 Å². The average Bonchev–Trinajstić information content (AvgIpc) is 2.78. The van der Waals surface area contributed by atoms with Gasteiger partial charge >= 0.3 is 0 Å². The number of rotatable bonds is 11. The molecule has 2 unspecified atom stereocenters. The van der Waals surface area contributed by atoms with E-state index in [1.165, 1.54) is 11.0 Å². The van der Waals surface area contributed by atoms with E-state index in [0.29, 0.717) is 11.4 Å². The Hall–Kier alpha value is -2.29. The lowest BCUT2D eigenvalue weighted by Crippen LogP contribution is -2.53. The van der Waals surface area contributed by atoms with E-state index in [0.717, 1.165) is 22.5 Å². The van der Waals surface area contributed by atoms with Crippen molar-refractivity contribution in [1.82, 2.24) is 10.2 Å². The van der Waals surface area contributed by atoms with E-state index in [-0.39, 0.29) is 29.2 Å². The fourth-order valence-corrected chi connectivity index (χ4v) is 4.67. The lowest BCUT2D eigenvalue weighted by molar-refractivity contribution is -0.140. The monoisotopic (exact) mass is 527 g/mol. The zero-order valence-corrected chi connectivity index (χ0v) is 22.1. The molecule has 186 valence electrons. The summed E-state index contributed by atoms with van der Waals surface area (Å²) in [4.78, 5) is 28.1. The van der Waals surface area contributed by atoms with E-state index < -0.39 is 28.5 Å². The molecule has 34 heavy (non-hydrogen) atoms. The number of hydrogen-bond acceptors (Lipinski definition) is 4. The van der Waals surface area contributed by atoms with Crippen molar-refractivity contribution in [2.24, 2.45) is 0 Å². The number of nitrogens with zero attached hydrogens (tertiary/aromatic N) is 2.